The highest BCUT2D eigenvalue weighted by atomic mass is 32.2. The SMILES string of the molecule is COC(=O)CCC(=O)C(CCCC/C(N)=N\S(=O)(=O)c1c(C)cc(OC)c(C)c1C)NC(=O)[C@@H]1CCCN1C(=O)C(Cc1ccc2ccccc2c1)NC(=O)OC(C)(C)C. The summed E-state index contributed by atoms with van der Waals surface area (Å²) in [7, 11) is -1.42. The predicted molar refractivity (Wildman–Crippen MR) is 228 cm³/mol. The summed E-state index contributed by atoms with van der Waals surface area (Å²) in [6.07, 6.45) is 0.723. The number of sulfonamides is 1. The summed E-state index contributed by atoms with van der Waals surface area (Å²) < 4.78 is 46.1. The molecule has 0 aliphatic carbocycles. The molecule has 0 aromatic heterocycles. The minimum atomic E-state index is -4.15. The molecule has 2 unspecified atom stereocenters. The number of hydrogen-bond acceptors (Lipinski definition) is 10. The first kappa shape index (κ1) is 47.2. The molecule has 326 valence electrons. The first-order chi connectivity index (χ1) is 28.2. The molecule has 60 heavy (non-hydrogen) atoms. The molecule has 1 aliphatic heterocycles. The Morgan fingerprint density at radius 2 is 1.60 bits per heavy atom. The van der Waals surface area contributed by atoms with E-state index in [0.29, 0.717) is 48.1 Å². The molecule has 16 heteroatoms. The predicted octanol–water partition coefficient (Wildman–Crippen LogP) is 5.51. The first-order valence-corrected chi connectivity index (χ1v) is 21.6. The number of nitrogens with two attached hydrogens (primary N) is 1. The fourth-order valence-electron chi connectivity index (χ4n) is 7.37. The van der Waals surface area contributed by atoms with E-state index in [4.69, 9.17) is 19.9 Å². The average Bonchev–Trinajstić information content (AvgIpc) is 3.68. The third kappa shape index (κ3) is 12.7. The largest absolute Gasteiger partial charge is 0.496 e. The van der Waals surface area contributed by atoms with Crippen molar-refractivity contribution in [3.8, 4) is 5.75 Å². The second-order valence-corrected chi connectivity index (χ2v) is 17.7. The summed E-state index contributed by atoms with van der Waals surface area (Å²) in [5.41, 5.74) is 7.74. The van der Waals surface area contributed by atoms with Gasteiger partial charge < -0.3 is 35.5 Å². The molecule has 3 aromatic carbocycles. The van der Waals surface area contributed by atoms with E-state index < -0.39 is 63.4 Å². The molecule has 1 aliphatic rings. The van der Waals surface area contributed by atoms with Crippen molar-refractivity contribution in [3.63, 3.8) is 0 Å². The minimum Gasteiger partial charge on any atom is -0.496 e. The van der Waals surface area contributed by atoms with Crippen molar-refractivity contribution in [2.75, 3.05) is 20.8 Å². The minimum absolute atomic E-state index is 0.0581. The second kappa shape index (κ2) is 20.6. The van der Waals surface area contributed by atoms with E-state index in [2.05, 4.69) is 15.0 Å². The normalized spacial score (nSPS) is 15.6. The number of esters is 1. The van der Waals surface area contributed by atoms with Gasteiger partial charge in [0.2, 0.25) is 11.8 Å². The number of alkyl carbamates (subject to hydrolysis) is 1. The first-order valence-electron chi connectivity index (χ1n) is 20.2. The van der Waals surface area contributed by atoms with Crippen LogP contribution in [0.15, 0.2) is 57.8 Å². The van der Waals surface area contributed by atoms with E-state index in [1.807, 2.05) is 42.5 Å². The number of likely N-dealkylation sites (tertiary alicyclic amines) is 1. The Balaban J connectivity index is 1.48. The van der Waals surface area contributed by atoms with Gasteiger partial charge in [-0.2, -0.15) is 8.42 Å². The molecule has 0 spiro atoms. The number of fused-ring (bicyclic) bond motifs is 1. The van der Waals surface area contributed by atoms with Crippen LogP contribution in [0.25, 0.3) is 10.8 Å². The molecule has 0 radical (unpaired) electrons. The topological polar surface area (TPSA) is 213 Å². The molecule has 3 aromatic rings. The van der Waals surface area contributed by atoms with Gasteiger partial charge in [0.15, 0.2) is 5.78 Å². The number of aryl methyl sites for hydroxylation is 1. The van der Waals surface area contributed by atoms with Crippen LogP contribution in [0, 0.1) is 20.8 Å². The zero-order valence-electron chi connectivity index (χ0n) is 35.9. The average molecular weight is 850 g/mol. The number of nitrogens with one attached hydrogen (secondary N) is 2. The number of rotatable bonds is 18. The second-order valence-electron chi connectivity index (χ2n) is 16.2. The maximum Gasteiger partial charge on any atom is 0.408 e. The van der Waals surface area contributed by atoms with Crippen molar-refractivity contribution >= 4 is 56.3 Å². The van der Waals surface area contributed by atoms with Crippen LogP contribution in [0.2, 0.25) is 0 Å². The van der Waals surface area contributed by atoms with Crippen molar-refractivity contribution in [1.29, 1.82) is 0 Å². The van der Waals surface area contributed by atoms with Crippen LogP contribution in [-0.2, 0) is 45.1 Å². The zero-order chi connectivity index (χ0) is 44.4. The van der Waals surface area contributed by atoms with Gasteiger partial charge in [0, 0.05) is 25.8 Å². The Bertz CT molecular complexity index is 2220. The monoisotopic (exact) mass is 849 g/mol. The fraction of sp³-hybridized carbons (Fsp3) is 0.500. The maximum absolute atomic E-state index is 14.3. The number of ketones is 1. The summed E-state index contributed by atoms with van der Waals surface area (Å²) in [6.45, 7) is 10.5. The fourth-order valence-corrected chi connectivity index (χ4v) is 8.87. The van der Waals surface area contributed by atoms with E-state index in [1.54, 1.807) is 47.6 Å². The summed E-state index contributed by atoms with van der Waals surface area (Å²) >= 11 is 0. The van der Waals surface area contributed by atoms with Crippen LogP contribution in [-0.4, -0.2) is 93.3 Å². The number of methoxy groups -OCH3 is 2. The third-order valence-corrected chi connectivity index (χ3v) is 12.1. The Labute approximate surface area is 352 Å². The molecular formula is C44H59N5O10S. The molecule has 1 heterocycles. The lowest BCUT2D eigenvalue weighted by Crippen LogP contribution is -2.56. The lowest BCUT2D eigenvalue weighted by Gasteiger charge is -2.30. The number of Topliss-reactive ketones (excluding diaryl/α,β-unsaturated/α-hetero) is 1. The zero-order valence-corrected chi connectivity index (χ0v) is 36.7. The number of ether oxygens (including phenoxy) is 3. The molecule has 0 saturated carbocycles. The molecule has 3 atom stereocenters. The molecule has 4 rings (SSSR count). The highest BCUT2D eigenvalue weighted by Gasteiger charge is 2.39. The molecule has 4 N–H and O–H groups in total. The van der Waals surface area contributed by atoms with Gasteiger partial charge in [0.05, 0.1) is 31.6 Å². The summed E-state index contributed by atoms with van der Waals surface area (Å²) in [6, 6.07) is 12.2. The van der Waals surface area contributed by atoms with Gasteiger partial charge in [0.25, 0.3) is 10.0 Å². The highest BCUT2D eigenvalue weighted by Crippen LogP contribution is 2.32. The number of hydrogen-bond donors (Lipinski definition) is 3. The van der Waals surface area contributed by atoms with Gasteiger partial charge in [-0.1, -0.05) is 48.9 Å². The molecule has 3 amide bonds. The lowest BCUT2D eigenvalue weighted by molar-refractivity contribution is -0.142. The van der Waals surface area contributed by atoms with Gasteiger partial charge in [-0.05, 0) is 106 Å². The van der Waals surface area contributed by atoms with Crippen molar-refractivity contribution in [3.05, 3.63) is 70.8 Å². The van der Waals surface area contributed by atoms with E-state index in [0.717, 1.165) is 16.3 Å². The van der Waals surface area contributed by atoms with Gasteiger partial charge in [-0.15, -0.1) is 4.40 Å². The van der Waals surface area contributed by atoms with Gasteiger partial charge in [0.1, 0.15) is 29.3 Å². The molecule has 1 fully saturated rings. The molecule has 15 nitrogen and oxygen atoms in total. The van der Waals surface area contributed by atoms with E-state index >= 15 is 0 Å². The highest BCUT2D eigenvalue weighted by molar-refractivity contribution is 7.90. The van der Waals surface area contributed by atoms with Crippen molar-refractivity contribution in [2.24, 2.45) is 10.1 Å². The Morgan fingerprint density at radius 1 is 0.900 bits per heavy atom. The Hall–Kier alpha value is -5.51. The standard InChI is InChI=1S/C44H59N5O10S/c1-27-24-37(57-7)28(2)29(3)40(27)60(55,56)48-38(45)18-12-11-16-33(36(50)21-22-39(51)58-8)46-41(52)35-17-13-23-49(35)42(53)34(47-43(54)59-44(4,5)6)26-30-19-20-31-14-9-10-15-32(31)25-30/h9-10,14-15,19-20,24-25,33-35H,11-13,16-18,21-23,26H2,1-8H3,(H2,45,48)(H,46,52)(H,47,54)/t33?,34?,35-/m0/s1. The summed E-state index contributed by atoms with van der Waals surface area (Å²) in [5.74, 6) is -1.56. The number of benzene rings is 3. The van der Waals surface area contributed by atoms with Crippen LogP contribution in [0.1, 0.15) is 94.4 Å². The van der Waals surface area contributed by atoms with Crippen LogP contribution in [0.4, 0.5) is 4.79 Å². The summed E-state index contributed by atoms with van der Waals surface area (Å²) in [4.78, 5) is 68.2. The van der Waals surface area contributed by atoms with Crippen LogP contribution in [0.3, 0.4) is 0 Å². The van der Waals surface area contributed by atoms with E-state index in [1.165, 1.54) is 19.1 Å². The quantitative estimate of drug-likeness (QED) is 0.0628. The Morgan fingerprint density at radius 3 is 2.27 bits per heavy atom. The smallest absolute Gasteiger partial charge is 0.408 e. The Kier molecular flexibility index (Phi) is 16.2. The summed E-state index contributed by atoms with van der Waals surface area (Å²) in [5, 5.41) is 7.54. The van der Waals surface area contributed by atoms with Crippen molar-refractivity contribution in [1.82, 2.24) is 15.5 Å². The number of unbranched alkanes of at least 4 members (excludes halogenated alkanes) is 1. The van der Waals surface area contributed by atoms with Gasteiger partial charge in [-0.25, -0.2) is 4.79 Å². The number of carbonyl (C=O) groups is 5. The number of amidine groups is 1. The van der Waals surface area contributed by atoms with Crippen LogP contribution >= 0.6 is 0 Å². The maximum atomic E-state index is 14.3. The van der Waals surface area contributed by atoms with E-state index in [9.17, 15) is 32.4 Å². The van der Waals surface area contributed by atoms with Gasteiger partial charge in [-0.3, -0.25) is 19.2 Å². The van der Waals surface area contributed by atoms with E-state index in [-0.39, 0.29) is 49.4 Å². The number of carbonyl (C=O) groups excluding carboxylic acids is 5. The molecule has 0 bridgehead atoms. The number of amides is 3. The van der Waals surface area contributed by atoms with Crippen molar-refractivity contribution in [2.45, 2.75) is 128 Å². The molecule has 1 saturated heterocycles. The van der Waals surface area contributed by atoms with Crippen LogP contribution < -0.4 is 21.1 Å². The lowest BCUT2D eigenvalue weighted by atomic mass is 9.99. The van der Waals surface area contributed by atoms with Crippen molar-refractivity contribution < 1.29 is 46.6 Å². The number of nitrogens with zero attached hydrogens (tertiary/aromatic N) is 2. The molecular weight excluding hydrogens is 791 g/mol. The van der Waals surface area contributed by atoms with Gasteiger partial charge >= 0.3 is 12.1 Å². The van der Waals surface area contributed by atoms with Crippen LogP contribution in [0.5, 0.6) is 5.75 Å². The third-order valence-electron chi connectivity index (χ3n) is 10.5.